The molecule has 6 heteroatoms. The van der Waals surface area contributed by atoms with Crippen molar-refractivity contribution in [3.8, 4) is 11.5 Å². The molecule has 0 aliphatic carbocycles. The van der Waals surface area contributed by atoms with Gasteiger partial charge in [0.1, 0.15) is 6.04 Å². The van der Waals surface area contributed by atoms with E-state index < -0.39 is 6.04 Å². The van der Waals surface area contributed by atoms with Crippen molar-refractivity contribution in [1.82, 2.24) is 4.90 Å². The predicted molar refractivity (Wildman–Crippen MR) is 105 cm³/mol. The molecule has 1 N–H and O–H groups in total. The Morgan fingerprint density at radius 2 is 1.67 bits per heavy atom. The lowest BCUT2D eigenvalue weighted by Crippen LogP contribution is -2.47. The molecule has 0 radical (unpaired) electrons. The van der Waals surface area contributed by atoms with Crippen LogP contribution in [0.1, 0.15) is 20.3 Å². The van der Waals surface area contributed by atoms with Gasteiger partial charge in [-0.25, -0.2) is 0 Å². The molecule has 1 unspecified atom stereocenters. The number of amides is 2. The number of anilines is 1. The summed E-state index contributed by atoms with van der Waals surface area (Å²) >= 11 is 0. The van der Waals surface area contributed by atoms with Crippen LogP contribution < -0.4 is 14.8 Å². The third-order valence-corrected chi connectivity index (χ3v) is 4.09. The number of ether oxygens (including phenoxy) is 2. The summed E-state index contributed by atoms with van der Waals surface area (Å²) in [5.74, 6) is 0.562. The fraction of sp³-hybridized carbons (Fsp3) is 0.333. The Bertz CT molecular complexity index is 749. The van der Waals surface area contributed by atoms with Gasteiger partial charge in [-0.3, -0.25) is 9.59 Å². The van der Waals surface area contributed by atoms with Gasteiger partial charge in [-0.05, 0) is 37.6 Å². The fourth-order valence-corrected chi connectivity index (χ4v) is 2.65. The first-order chi connectivity index (χ1) is 13.1. The molecule has 0 aliphatic rings. The van der Waals surface area contributed by atoms with E-state index in [0.29, 0.717) is 23.7 Å². The highest BCUT2D eigenvalue weighted by Gasteiger charge is 2.25. The average molecular weight is 370 g/mol. The summed E-state index contributed by atoms with van der Waals surface area (Å²) in [4.78, 5) is 26.8. The number of para-hydroxylation sites is 3. The zero-order valence-corrected chi connectivity index (χ0v) is 16.0. The van der Waals surface area contributed by atoms with Crippen molar-refractivity contribution >= 4 is 17.5 Å². The van der Waals surface area contributed by atoms with E-state index in [0.717, 1.165) is 6.42 Å². The van der Waals surface area contributed by atoms with Crippen LogP contribution in [0.5, 0.6) is 11.5 Å². The maximum Gasteiger partial charge on any atom is 0.261 e. The monoisotopic (exact) mass is 370 g/mol. The number of nitrogens with one attached hydrogen (secondary N) is 1. The van der Waals surface area contributed by atoms with Gasteiger partial charge in [0.15, 0.2) is 18.1 Å². The van der Waals surface area contributed by atoms with Gasteiger partial charge in [-0.15, -0.1) is 0 Å². The maximum absolute atomic E-state index is 12.7. The number of benzene rings is 2. The van der Waals surface area contributed by atoms with E-state index in [4.69, 9.17) is 9.47 Å². The van der Waals surface area contributed by atoms with Crippen molar-refractivity contribution in [1.29, 1.82) is 0 Å². The van der Waals surface area contributed by atoms with Crippen LogP contribution in [0, 0.1) is 0 Å². The molecule has 2 rings (SSSR count). The average Bonchev–Trinajstić information content (AvgIpc) is 2.70. The van der Waals surface area contributed by atoms with Crippen molar-refractivity contribution in [3.63, 3.8) is 0 Å². The summed E-state index contributed by atoms with van der Waals surface area (Å²) in [7, 11) is 1.55. The second-order valence-electron chi connectivity index (χ2n) is 6.06. The lowest BCUT2D eigenvalue weighted by atomic mass is 10.2. The van der Waals surface area contributed by atoms with E-state index in [-0.39, 0.29) is 18.4 Å². The second-order valence-corrected chi connectivity index (χ2v) is 6.06. The molecule has 2 amide bonds. The third-order valence-electron chi connectivity index (χ3n) is 4.09. The van der Waals surface area contributed by atoms with Crippen LogP contribution in [0.2, 0.25) is 0 Å². The van der Waals surface area contributed by atoms with Crippen molar-refractivity contribution < 1.29 is 19.1 Å². The Morgan fingerprint density at radius 3 is 2.30 bits per heavy atom. The zero-order chi connectivity index (χ0) is 19.6. The Kier molecular flexibility index (Phi) is 7.67. The van der Waals surface area contributed by atoms with E-state index in [1.165, 1.54) is 4.90 Å². The van der Waals surface area contributed by atoms with E-state index in [1.54, 1.807) is 38.3 Å². The van der Waals surface area contributed by atoms with Gasteiger partial charge in [0.2, 0.25) is 5.91 Å². The molecule has 0 spiro atoms. The SMILES string of the molecule is CCCN(C(=O)COc1ccccc1OC)C(C)C(=O)Nc1ccccc1. The number of carbonyl (C=O) groups excluding carboxylic acids is 2. The summed E-state index contributed by atoms with van der Waals surface area (Å²) in [5, 5.41) is 2.83. The van der Waals surface area contributed by atoms with Gasteiger partial charge < -0.3 is 19.7 Å². The zero-order valence-electron chi connectivity index (χ0n) is 16.0. The van der Waals surface area contributed by atoms with Crippen LogP contribution >= 0.6 is 0 Å². The fourth-order valence-electron chi connectivity index (χ4n) is 2.65. The molecule has 0 saturated carbocycles. The number of hydrogen-bond acceptors (Lipinski definition) is 4. The van der Waals surface area contributed by atoms with Crippen molar-refractivity contribution in [2.45, 2.75) is 26.3 Å². The largest absolute Gasteiger partial charge is 0.493 e. The number of carbonyl (C=O) groups is 2. The molecule has 6 nitrogen and oxygen atoms in total. The first-order valence-electron chi connectivity index (χ1n) is 8.98. The van der Waals surface area contributed by atoms with E-state index in [2.05, 4.69) is 5.32 Å². The summed E-state index contributed by atoms with van der Waals surface area (Å²) < 4.78 is 10.8. The molecule has 2 aromatic carbocycles. The summed E-state index contributed by atoms with van der Waals surface area (Å²) in [6.45, 7) is 3.99. The lowest BCUT2D eigenvalue weighted by Gasteiger charge is -2.28. The molecule has 27 heavy (non-hydrogen) atoms. The van der Waals surface area contributed by atoms with Gasteiger partial charge in [-0.1, -0.05) is 37.3 Å². The minimum atomic E-state index is -0.612. The topological polar surface area (TPSA) is 67.9 Å². The Labute approximate surface area is 160 Å². The Morgan fingerprint density at radius 1 is 1.04 bits per heavy atom. The molecular formula is C21H26N2O4. The minimum absolute atomic E-state index is 0.163. The molecule has 1 atom stereocenters. The maximum atomic E-state index is 12.7. The molecule has 0 aliphatic heterocycles. The lowest BCUT2D eigenvalue weighted by molar-refractivity contribution is -0.139. The summed E-state index contributed by atoms with van der Waals surface area (Å²) in [5.41, 5.74) is 0.698. The standard InChI is InChI=1S/C21H26N2O4/c1-4-14-23(16(2)21(25)22-17-10-6-5-7-11-17)20(24)15-27-19-13-9-8-12-18(19)26-3/h5-13,16H,4,14-15H2,1-3H3,(H,22,25). The van der Waals surface area contributed by atoms with Gasteiger partial charge in [0, 0.05) is 12.2 Å². The number of nitrogens with zero attached hydrogens (tertiary/aromatic N) is 1. The van der Waals surface area contributed by atoms with Crippen molar-refractivity contribution in [3.05, 3.63) is 54.6 Å². The highest BCUT2D eigenvalue weighted by Crippen LogP contribution is 2.25. The predicted octanol–water partition coefficient (Wildman–Crippen LogP) is 3.34. The molecular weight excluding hydrogens is 344 g/mol. The molecule has 2 aromatic rings. The van der Waals surface area contributed by atoms with Crippen LogP contribution in [0.3, 0.4) is 0 Å². The highest BCUT2D eigenvalue weighted by molar-refractivity contribution is 5.97. The number of hydrogen-bond donors (Lipinski definition) is 1. The minimum Gasteiger partial charge on any atom is -0.493 e. The van der Waals surface area contributed by atoms with Crippen LogP contribution in [-0.4, -0.2) is 43.0 Å². The van der Waals surface area contributed by atoms with E-state index in [1.807, 2.05) is 37.3 Å². The van der Waals surface area contributed by atoms with Gasteiger partial charge >= 0.3 is 0 Å². The molecule has 0 heterocycles. The van der Waals surface area contributed by atoms with Crippen LogP contribution in [-0.2, 0) is 9.59 Å². The number of rotatable bonds is 9. The van der Waals surface area contributed by atoms with Gasteiger partial charge in [0.25, 0.3) is 5.91 Å². The van der Waals surface area contributed by atoms with Gasteiger partial charge in [-0.2, -0.15) is 0 Å². The Hall–Kier alpha value is -3.02. The third kappa shape index (κ3) is 5.74. The van der Waals surface area contributed by atoms with Crippen molar-refractivity contribution in [2.24, 2.45) is 0 Å². The van der Waals surface area contributed by atoms with Gasteiger partial charge in [0.05, 0.1) is 7.11 Å². The molecule has 0 fully saturated rings. The molecule has 144 valence electrons. The quantitative estimate of drug-likeness (QED) is 0.735. The first kappa shape index (κ1) is 20.3. The highest BCUT2D eigenvalue weighted by atomic mass is 16.5. The molecule has 0 saturated heterocycles. The summed E-state index contributed by atoms with van der Waals surface area (Å²) in [6.07, 6.45) is 0.739. The molecule has 0 aromatic heterocycles. The van der Waals surface area contributed by atoms with Crippen LogP contribution in [0.15, 0.2) is 54.6 Å². The first-order valence-corrected chi connectivity index (χ1v) is 8.98. The van der Waals surface area contributed by atoms with Crippen molar-refractivity contribution in [2.75, 3.05) is 25.6 Å². The van der Waals surface area contributed by atoms with Crippen LogP contribution in [0.25, 0.3) is 0 Å². The Balaban J connectivity index is 2.01. The smallest absolute Gasteiger partial charge is 0.261 e. The van der Waals surface area contributed by atoms with E-state index in [9.17, 15) is 9.59 Å². The second kappa shape index (κ2) is 10.2. The number of methoxy groups -OCH3 is 1. The van der Waals surface area contributed by atoms with Crippen LogP contribution in [0.4, 0.5) is 5.69 Å². The normalized spacial score (nSPS) is 11.4. The summed E-state index contributed by atoms with van der Waals surface area (Å²) in [6, 6.07) is 15.7. The molecule has 0 bridgehead atoms. The van der Waals surface area contributed by atoms with E-state index >= 15 is 0 Å².